The zero-order valence-electron chi connectivity index (χ0n) is 16.3. The highest BCUT2D eigenvalue weighted by molar-refractivity contribution is 5.91. The molecule has 0 aromatic heterocycles. The van der Waals surface area contributed by atoms with Crippen molar-refractivity contribution in [2.24, 2.45) is 0 Å². The first-order valence-corrected chi connectivity index (χ1v) is 9.65. The quantitative estimate of drug-likeness (QED) is 0.300. The Kier molecular flexibility index (Phi) is 8.80. The molecular weight excluding hydrogens is 405 g/mol. The highest BCUT2D eigenvalue weighted by Gasteiger charge is 2.40. The van der Waals surface area contributed by atoms with E-state index in [9.17, 15) is 38.4 Å². The summed E-state index contributed by atoms with van der Waals surface area (Å²) in [6.07, 6.45) is -4.16. The van der Waals surface area contributed by atoms with Crippen molar-refractivity contribution in [3.05, 3.63) is 41.5 Å². The number of rotatable bonds is 8. The molecule has 1 amide bonds. The second-order valence-corrected chi connectivity index (χ2v) is 7.24. The number of nitrogens with one attached hydrogen (secondary N) is 1. The Balaban J connectivity index is 1.70. The molecule has 2 rings (SSSR count). The predicted octanol–water partition coefficient (Wildman–Crippen LogP) is 0.374. The molecule has 0 spiro atoms. The first-order chi connectivity index (χ1) is 14.1. The number of halogens is 3. The number of piperidine rings is 1. The minimum Gasteiger partial charge on any atom is -0.395 e. The van der Waals surface area contributed by atoms with Crippen LogP contribution in [0.15, 0.2) is 30.3 Å². The van der Waals surface area contributed by atoms with Gasteiger partial charge in [0.2, 0.25) is 5.91 Å². The van der Waals surface area contributed by atoms with Crippen LogP contribution in [0.4, 0.5) is 13.2 Å². The van der Waals surface area contributed by atoms with Crippen LogP contribution in [0.1, 0.15) is 24.0 Å². The number of β-amino-alcohol motifs (C(OH)–C–C–N with tert-alkyl or cyclic N) is 1. The van der Waals surface area contributed by atoms with E-state index in [1.807, 2.05) is 0 Å². The Labute approximate surface area is 172 Å². The first kappa shape index (κ1) is 24.3. The van der Waals surface area contributed by atoms with Crippen molar-refractivity contribution >= 4 is 12.0 Å². The number of aliphatic hydroxyl groups excluding tert-OH is 4. The van der Waals surface area contributed by atoms with Gasteiger partial charge in [-0.05, 0) is 43.2 Å². The van der Waals surface area contributed by atoms with E-state index in [1.54, 1.807) is 4.90 Å². The van der Waals surface area contributed by atoms with E-state index in [1.165, 1.54) is 24.3 Å². The molecule has 0 radical (unpaired) electrons. The van der Waals surface area contributed by atoms with Crippen molar-refractivity contribution in [3.8, 4) is 0 Å². The molecule has 1 aromatic rings. The molecule has 1 heterocycles. The molecule has 5 N–H and O–H groups in total. The molecule has 30 heavy (non-hydrogen) atoms. The lowest BCUT2D eigenvalue weighted by atomic mass is 9.94. The van der Waals surface area contributed by atoms with Crippen LogP contribution in [0.3, 0.4) is 0 Å². The summed E-state index contributed by atoms with van der Waals surface area (Å²) in [5.41, 5.74) is -0.284. The molecular formula is C20H27F3N2O5. The summed E-state index contributed by atoms with van der Waals surface area (Å²) >= 11 is 0. The summed E-state index contributed by atoms with van der Waals surface area (Å²) in [5, 5.41) is 41.4. The average Bonchev–Trinajstić information content (AvgIpc) is 2.70. The van der Waals surface area contributed by atoms with Gasteiger partial charge in [-0.1, -0.05) is 12.1 Å². The van der Waals surface area contributed by atoms with Crippen molar-refractivity contribution in [2.75, 3.05) is 26.2 Å². The molecule has 1 aromatic carbocycles. The number of likely N-dealkylation sites (tertiary alicyclic amines) is 1. The number of amides is 1. The summed E-state index contributed by atoms with van der Waals surface area (Å²) < 4.78 is 37.6. The van der Waals surface area contributed by atoms with Crippen molar-refractivity contribution in [1.29, 1.82) is 0 Å². The number of aliphatic hydroxyl groups is 4. The van der Waals surface area contributed by atoms with Crippen LogP contribution in [-0.2, 0) is 11.0 Å². The summed E-state index contributed by atoms with van der Waals surface area (Å²) in [6.45, 7) is 0.604. The standard InChI is InChI=1S/C20H27F3N2O5/c21-20(22,23)14-6-3-13(4-7-14)5-8-17(28)24-9-1-2-10-25-11-16(27)19(30)18(29)15(25)12-26/h3-8,15-16,18-19,26-27,29-30H,1-2,9-12H2,(H,24,28)/b8-5+/t15-,16+,18-,19-/m1/s1. The van der Waals surface area contributed by atoms with Crippen LogP contribution in [0.5, 0.6) is 0 Å². The van der Waals surface area contributed by atoms with Gasteiger partial charge in [-0.3, -0.25) is 9.69 Å². The Morgan fingerprint density at radius 1 is 1.13 bits per heavy atom. The van der Waals surface area contributed by atoms with E-state index < -0.39 is 36.1 Å². The van der Waals surface area contributed by atoms with E-state index in [2.05, 4.69) is 5.32 Å². The Morgan fingerprint density at radius 2 is 1.80 bits per heavy atom. The Hall–Kier alpha value is -1.98. The fraction of sp³-hybridized carbons (Fsp3) is 0.550. The molecule has 1 aliphatic rings. The van der Waals surface area contributed by atoms with Crippen LogP contribution in [0.2, 0.25) is 0 Å². The number of hydrogen-bond donors (Lipinski definition) is 5. The average molecular weight is 432 g/mol. The van der Waals surface area contributed by atoms with Crippen molar-refractivity contribution in [3.63, 3.8) is 0 Å². The summed E-state index contributed by atoms with van der Waals surface area (Å²) in [4.78, 5) is 13.5. The van der Waals surface area contributed by atoms with Crippen LogP contribution in [0.25, 0.3) is 6.08 Å². The maximum atomic E-state index is 12.5. The lowest BCUT2D eigenvalue weighted by Crippen LogP contribution is -2.62. The summed E-state index contributed by atoms with van der Waals surface area (Å²) in [6, 6.07) is 3.80. The highest BCUT2D eigenvalue weighted by Crippen LogP contribution is 2.29. The van der Waals surface area contributed by atoms with E-state index in [0.717, 1.165) is 12.1 Å². The van der Waals surface area contributed by atoms with E-state index in [-0.39, 0.29) is 19.1 Å². The van der Waals surface area contributed by atoms with Gasteiger partial charge in [0.1, 0.15) is 12.2 Å². The molecule has 10 heteroatoms. The van der Waals surface area contributed by atoms with Gasteiger partial charge in [0, 0.05) is 19.2 Å². The van der Waals surface area contributed by atoms with Gasteiger partial charge < -0.3 is 25.7 Å². The molecule has 0 unspecified atom stereocenters. The topological polar surface area (TPSA) is 113 Å². The maximum absolute atomic E-state index is 12.5. The molecule has 1 saturated heterocycles. The van der Waals surface area contributed by atoms with Gasteiger partial charge in [-0.15, -0.1) is 0 Å². The second kappa shape index (κ2) is 10.9. The third kappa shape index (κ3) is 6.78. The zero-order valence-corrected chi connectivity index (χ0v) is 16.3. The largest absolute Gasteiger partial charge is 0.416 e. The van der Waals surface area contributed by atoms with E-state index in [4.69, 9.17) is 0 Å². The maximum Gasteiger partial charge on any atom is 0.416 e. The number of alkyl halides is 3. The number of hydrogen-bond acceptors (Lipinski definition) is 6. The minimum absolute atomic E-state index is 0.131. The van der Waals surface area contributed by atoms with Crippen molar-refractivity contribution in [2.45, 2.75) is 43.4 Å². The molecule has 0 aliphatic carbocycles. The number of benzene rings is 1. The first-order valence-electron chi connectivity index (χ1n) is 9.65. The monoisotopic (exact) mass is 432 g/mol. The van der Waals surface area contributed by atoms with Crippen molar-refractivity contribution in [1.82, 2.24) is 10.2 Å². The molecule has 0 saturated carbocycles. The van der Waals surface area contributed by atoms with Gasteiger partial charge in [0.15, 0.2) is 0 Å². The van der Waals surface area contributed by atoms with Gasteiger partial charge in [-0.2, -0.15) is 13.2 Å². The summed E-state index contributed by atoms with van der Waals surface area (Å²) in [5.74, 6) is -0.380. The summed E-state index contributed by atoms with van der Waals surface area (Å²) in [7, 11) is 0. The molecule has 1 fully saturated rings. The molecule has 1 aliphatic heterocycles. The third-order valence-corrected chi connectivity index (χ3v) is 5.05. The Bertz CT molecular complexity index is 711. The van der Waals surface area contributed by atoms with Gasteiger partial charge in [-0.25, -0.2) is 0 Å². The third-order valence-electron chi connectivity index (χ3n) is 5.05. The van der Waals surface area contributed by atoms with Gasteiger partial charge in [0.05, 0.1) is 24.3 Å². The minimum atomic E-state index is -4.40. The van der Waals surface area contributed by atoms with Crippen molar-refractivity contribution < 1.29 is 38.4 Å². The zero-order chi connectivity index (χ0) is 22.3. The second-order valence-electron chi connectivity index (χ2n) is 7.24. The van der Waals surface area contributed by atoms with Gasteiger partial charge >= 0.3 is 6.18 Å². The van der Waals surface area contributed by atoms with Gasteiger partial charge in [0.25, 0.3) is 0 Å². The van der Waals surface area contributed by atoms with Crippen LogP contribution < -0.4 is 5.32 Å². The number of carbonyl (C=O) groups excluding carboxylic acids is 1. The van der Waals surface area contributed by atoms with Crippen LogP contribution in [-0.4, -0.2) is 81.8 Å². The number of unbranched alkanes of at least 4 members (excludes halogenated alkanes) is 1. The smallest absolute Gasteiger partial charge is 0.395 e. The number of nitrogens with zero attached hydrogens (tertiary/aromatic N) is 1. The molecule has 7 nitrogen and oxygen atoms in total. The highest BCUT2D eigenvalue weighted by atomic mass is 19.4. The molecule has 4 atom stereocenters. The SMILES string of the molecule is O=C(/C=C/c1ccc(C(F)(F)F)cc1)NCCCCN1C[C@H](O)[C@@H](O)[C@H](O)[C@H]1CO. The fourth-order valence-corrected chi connectivity index (χ4v) is 3.30. The Morgan fingerprint density at radius 3 is 2.40 bits per heavy atom. The lowest BCUT2D eigenvalue weighted by molar-refractivity contribution is -0.145. The lowest BCUT2D eigenvalue weighted by Gasteiger charge is -2.43. The van der Waals surface area contributed by atoms with Crippen LogP contribution >= 0.6 is 0 Å². The predicted molar refractivity (Wildman–Crippen MR) is 103 cm³/mol. The molecule has 0 bridgehead atoms. The van der Waals surface area contributed by atoms with E-state index in [0.29, 0.717) is 31.5 Å². The number of carbonyl (C=O) groups is 1. The fourth-order valence-electron chi connectivity index (χ4n) is 3.30. The molecule has 168 valence electrons. The van der Waals surface area contributed by atoms with E-state index >= 15 is 0 Å². The normalized spacial score (nSPS) is 25.6. The van der Waals surface area contributed by atoms with Crippen LogP contribution in [0, 0.1) is 0 Å².